The van der Waals surface area contributed by atoms with E-state index in [4.69, 9.17) is 4.74 Å². The third-order valence-electron chi connectivity index (χ3n) is 4.14. The zero-order valence-corrected chi connectivity index (χ0v) is 15.7. The maximum Gasteiger partial charge on any atom is 0.262 e. The lowest BCUT2D eigenvalue weighted by Gasteiger charge is -2.10. The zero-order chi connectivity index (χ0) is 19.1. The van der Waals surface area contributed by atoms with Gasteiger partial charge < -0.3 is 15.4 Å². The van der Waals surface area contributed by atoms with Gasteiger partial charge in [0.2, 0.25) is 0 Å². The number of anilines is 2. The molecule has 0 saturated carbocycles. The molecular formula is C23H24N2O2. The van der Waals surface area contributed by atoms with Crippen molar-refractivity contribution in [3.05, 3.63) is 89.5 Å². The molecule has 0 aromatic heterocycles. The van der Waals surface area contributed by atoms with Crippen LogP contribution in [0.1, 0.15) is 16.7 Å². The smallest absolute Gasteiger partial charge is 0.262 e. The summed E-state index contributed by atoms with van der Waals surface area (Å²) in [6.45, 7) is 4.77. The van der Waals surface area contributed by atoms with Gasteiger partial charge in [-0.25, -0.2) is 0 Å². The molecule has 0 radical (unpaired) electrons. The van der Waals surface area contributed by atoms with Crippen LogP contribution in [0.5, 0.6) is 5.75 Å². The number of amides is 1. The lowest BCUT2D eigenvalue weighted by Crippen LogP contribution is -2.20. The van der Waals surface area contributed by atoms with Gasteiger partial charge >= 0.3 is 0 Å². The van der Waals surface area contributed by atoms with Gasteiger partial charge in [-0.05, 0) is 61.4 Å². The van der Waals surface area contributed by atoms with Gasteiger partial charge in [-0.3, -0.25) is 4.79 Å². The third kappa shape index (κ3) is 5.89. The first kappa shape index (κ1) is 18.5. The molecular weight excluding hydrogens is 336 g/mol. The Balaban J connectivity index is 1.45. The molecule has 0 bridgehead atoms. The van der Waals surface area contributed by atoms with Gasteiger partial charge in [-0.15, -0.1) is 0 Å². The van der Waals surface area contributed by atoms with E-state index in [1.807, 2.05) is 55.5 Å². The standard InChI is InChI=1S/C23H24N2O2/c1-17-6-10-20(11-7-17)24-15-19-8-12-22(13-9-19)27-16-23(26)25-21-5-3-4-18(2)14-21/h3-14,24H,15-16H2,1-2H3,(H,25,26). The topological polar surface area (TPSA) is 50.4 Å². The Labute approximate surface area is 160 Å². The molecule has 27 heavy (non-hydrogen) atoms. The van der Waals surface area contributed by atoms with Crippen molar-refractivity contribution in [2.24, 2.45) is 0 Å². The number of hydrogen-bond donors (Lipinski definition) is 2. The van der Waals surface area contributed by atoms with Gasteiger partial charge in [0, 0.05) is 17.9 Å². The fourth-order valence-electron chi connectivity index (χ4n) is 2.65. The lowest BCUT2D eigenvalue weighted by atomic mass is 10.2. The van der Waals surface area contributed by atoms with E-state index in [1.54, 1.807) is 0 Å². The van der Waals surface area contributed by atoms with E-state index in [-0.39, 0.29) is 12.5 Å². The summed E-state index contributed by atoms with van der Waals surface area (Å²) in [5.74, 6) is 0.499. The Kier molecular flexibility index (Phi) is 6.10. The summed E-state index contributed by atoms with van der Waals surface area (Å²) in [6.07, 6.45) is 0. The Morgan fingerprint density at radius 3 is 2.30 bits per heavy atom. The molecule has 138 valence electrons. The predicted octanol–water partition coefficient (Wildman–Crippen LogP) is 4.93. The summed E-state index contributed by atoms with van der Waals surface area (Å²) in [6, 6.07) is 23.7. The van der Waals surface area contributed by atoms with Crippen LogP contribution in [0, 0.1) is 13.8 Å². The first-order valence-electron chi connectivity index (χ1n) is 8.97. The van der Waals surface area contributed by atoms with Gasteiger partial charge in [-0.1, -0.05) is 42.0 Å². The molecule has 0 unspecified atom stereocenters. The molecule has 0 fully saturated rings. The number of rotatable bonds is 7. The van der Waals surface area contributed by atoms with E-state index in [2.05, 4.69) is 41.8 Å². The highest BCUT2D eigenvalue weighted by Crippen LogP contribution is 2.15. The van der Waals surface area contributed by atoms with Crippen LogP contribution >= 0.6 is 0 Å². The molecule has 1 amide bonds. The third-order valence-corrected chi connectivity index (χ3v) is 4.14. The van der Waals surface area contributed by atoms with E-state index in [1.165, 1.54) is 5.56 Å². The predicted molar refractivity (Wildman–Crippen MR) is 110 cm³/mol. The van der Waals surface area contributed by atoms with E-state index >= 15 is 0 Å². The molecule has 3 rings (SSSR count). The van der Waals surface area contributed by atoms with Crippen LogP contribution in [0.25, 0.3) is 0 Å². The zero-order valence-electron chi connectivity index (χ0n) is 15.7. The monoisotopic (exact) mass is 360 g/mol. The molecule has 0 aliphatic carbocycles. The van der Waals surface area contributed by atoms with Crippen molar-refractivity contribution >= 4 is 17.3 Å². The van der Waals surface area contributed by atoms with Crippen molar-refractivity contribution in [2.45, 2.75) is 20.4 Å². The van der Waals surface area contributed by atoms with E-state index < -0.39 is 0 Å². The summed E-state index contributed by atoms with van der Waals surface area (Å²) in [5, 5.41) is 6.22. The normalized spacial score (nSPS) is 10.3. The van der Waals surface area contributed by atoms with Crippen LogP contribution in [0.3, 0.4) is 0 Å². The minimum Gasteiger partial charge on any atom is -0.484 e. The van der Waals surface area contributed by atoms with Crippen molar-refractivity contribution in [3.63, 3.8) is 0 Å². The number of hydrogen-bond acceptors (Lipinski definition) is 3. The van der Waals surface area contributed by atoms with Crippen molar-refractivity contribution in [2.75, 3.05) is 17.2 Å². The Morgan fingerprint density at radius 1 is 0.852 bits per heavy atom. The summed E-state index contributed by atoms with van der Waals surface area (Å²) in [4.78, 5) is 12.0. The molecule has 0 heterocycles. The number of nitrogens with one attached hydrogen (secondary N) is 2. The molecule has 0 aliphatic heterocycles. The Hall–Kier alpha value is -3.27. The Morgan fingerprint density at radius 2 is 1.59 bits per heavy atom. The minimum atomic E-state index is -0.175. The van der Waals surface area contributed by atoms with Gasteiger partial charge in [0.15, 0.2) is 6.61 Å². The van der Waals surface area contributed by atoms with Crippen LogP contribution in [0.15, 0.2) is 72.8 Å². The van der Waals surface area contributed by atoms with Crippen molar-refractivity contribution in [1.82, 2.24) is 0 Å². The van der Waals surface area contributed by atoms with Crippen LogP contribution in [-0.4, -0.2) is 12.5 Å². The molecule has 0 spiro atoms. The lowest BCUT2D eigenvalue weighted by molar-refractivity contribution is -0.118. The highest BCUT2D eigenvalue weighted by Gasteiger charge is 2.04. The van der Waals surface area contributed by atoms with Crippen LogP contribution in [-0.2, 0) is 11.3 Å². The van der Waals surface area contributed by atoms with E-state index in [9.17, 15) is 4.79 Å². The minimum absolute atomic E-state index is 0.0189. The van der Waals surface area contributed by atoms with Gasteiger partial charge in [-0.2, -0.15) is 0 Å². The number of aryl methyl sites for hydroxylation is 2. The second kappa shape index (κ2) is 8.90. The average Bonchev–Trinajstić information content (AvgIpc) is 2.67. The summed E-state index contributed by atoms with van der Waals surface area (Å²) >= 11 is 0. The maximum absolute atomic E-state index is 12.0. The fraction of sp³-hybridized carbons (Fsp3) is 0.174. The second-order valence-corrected chi connectivity index (χ2v) is 6.57. The van der Waals surface area contributed by atoms with Gasteiger partial charge in [0.05, 0.1) is 0 Å². The summed E-state index contributed by atoms with van der Waals surface area (Å²) in [7, 11) is 0. The molecule has 4 nitrogen and oxygen atoms in total. The van der Waals surface area contributed by atoms with Gasteiger partial charge in [0.1, 0.15) is 5.75 Å². The van der Waals surface area contributed by atoms with Crippen molar-refractivity contribution < 1.29 is 9.53 Å². The number of ether oxygens (including phenoxy) is 1. The SMILES string of the molecule is Cc1ccc(NCc2ccc(OCC(=O)Nc3cccc(C)c3)cc2)cc1. The number of carbonyl (C=O) groups is 1. The highest BCUT2D eigenvalue weighted by atomic mass is 16.5. The van der Waals surface area contributed by atoms with Crippen LogP contribution < -0.4 is 15.4 Å². The first-order chi connectivity index (χ1) is 13.1. The van der Waals surface area contributed by atoms with Crippen molar-refractivity contribution in [1.29, 1.82) is 0 Å². The molecule has 3 aromatic carbocycles. The molecule has 0 aliphatic rings. The molecule has 2 N–H and O–H groups in total. The van der Waals surface area contributed by atoms with Crippen LogP contribution in [0.2, 0.25) is 0 Å². The van der Waals surface area contributed by atoms with E-state index in [0.717, 1.165) is 29.0 Å². The van der Waals surface area contributed by atoms with E-state index in [0.29, 0.717) is 5.75 Å². The highest BCUT2D eigenvalue weighted by molar-refractivity contribution is 5.91. The fourth-order valence-corrected chi connectivity index (χ4v) is 2.65. The molecule has 0 atom stereocenters. The molecule has 0 saturated heterocycles. The maximum atomic E-state index is 12.0. The largest absolute Gasteiger partial charge is 0.484 e. The number of carbonyl (C=O) groups excluding carboxylic acids is 1. The number of benzene rings is 3. The first-order valence-corrected chi connectivity index (χ1v) is 8.97. The summed E-state index contributed by atoms with van der Waals surface area (Å²) < 4.78 is 5.57. The van der Waals surface area contributed by atoms with Crippen LogP contribution in [0.4, 0.5) is 11.4 Å². The summed E-state index contributed by atoms with van der Waals surface area (Å²) in [5.41, 5.74) is 5.36. The van der Waals surface area contributed by atoms with Gasteiger partial charge in [0.25, 0.3) is 5.91 Å². The Bertz CT molecular complexity index is 887. The molecule has 4 heteroatoms. The average molecular weight is 360 g/mol. The van der Waals surface area contributed by atoms with Crippen molar-refractivity contribution in [3.8, 4) is 5.75 Å². The molecule has 3 aromatic rings. The second-order valence-electron chi connectivity index (χ2n) is 6.57. The quantitative estimate of drug-likeness (QED) is 0.628.